The fraction of sp³-hybridized carbons (Fsp3) is 0.412. The van der Waals surface area contributed by atoms with Gasteiger partial charge in [0.2, 0.25) is 0 Å². The minimum absolute atomic E-state index is 0.109. The number of amides is 3. The number of rotatable bonds is 7. The highest BCUT2D eigenvalue weighted by molar-refractivity contribution is 6.10. The number of carbonyl (C=O) groups is 2. The van der Waals surface area contributed by atoms with E-state index in [0.717, 1.165) is 16.4 Å². The SMILES string of the molecule is COCON1C(=O)/C(=C\C(C)C)N(Cc2ccc(OC)cc2)C1=O. The molecule has 1 saturated heterocycles. The highest BCUT2D eigenvalue weighted by atomic mass is 16.8. The van der Waals surface area contributed by atoms with Gasteiger partial charge in [-0.2, -0.15) is 0 Å². The van der Waals surface area contributed by atoms with Crippen LogP contribution in [0.4, 0.5) is 4.79 Å². The lowest BCUT2D eigenvalue weighted by molar-refractivity contribution is -0.189. The number of hydrogen-bond acceptors (Lipinski definition) is 5. The molecule has 1 heterocycles. The summed E-state index contributed by atoms with van der Waals surface area (Å²) >= 11 is 0. The zero-order chi connectivity index (χ0) is 17.7. The van der Waals surface area contributed by atoms with E-state index in [1.165, 1.54) is 12.0 Å². The Morgan fingerprint density at radius 1 is 1.12 bits per heavy atom. The Balaban J connectivity index is 2.25. The third kappa shape index (κ3) is 3.93. The average molecular weight is 334 g/mol. The predicted octanol–water partition coefficient (Wildman–Crippen LogP) is 2.53. The number of urea groups is 1. The van der Waals surface area contributed by atoms with Crippen molar-refractivity contribution in [2.75, 3.05) is 21.0 Å². The van der Waals surface area contributed by atoms with Crippen LogP contribution in [0.2, 0.25) is 0 Å². The lowest BCUT2D eigenvalue weighted by atomic mass is 10.1. The van der Waals surface area contributed by atoms with Crippen LogP contribution in [0.15, 0.2) is 36.0 Å². The number of allylic oxidation sites excluding steroid dienone is 1. The van der Waals surface area contributed by atoms with Gasteiger partial charge >= 0.3 is 11.9 Å². The number of ether oxygens (including phenoxy) is 2. The van der Waals surface area contributed by atoms with Crippen molar-refractivity contribution in [1.82, 2.24) is 9.96 Å². The van der Waals surface area contributed by atoms with Crippen LogP contribution in [0.25, 0.3) is 0 Å². The van der Waals surface area contributed by atoms with E-state index in [4.69, 9.17) is 14.3 Å². The van der Waals surface area contributed by atoms with Gasteiger partial charge in [-0.1, -0.05) is 32.1 Å². The van der Waals surface area contributed by atoms with Crippen LogP contribution in [0.1, 0.15) is 19.4 Å². The van der Waals surface area contributed by atoms with E-state index >= 15 is 0 Å². The van der Waals surface area contributed by atoms with Gasteiger partial charge in [0.1, 0.15) is 11.4 Å². The summed E-state index contributed by atoms with van der Waals surface area (Å²) in [7, 11) is 3.01. The van der Waals surface area contributed by atoms with Crippen molar-refractivity contribution in [1.29, 1.82) is 0 Å². The van der Waals surface area contributed by atoms with Crippen LogP contribution in [0.5, 0.6) is 5.75 Å². The van der Waals surface area contributed by atoms with Crippen molar-refractivity contribution in [2.24, 2.45) is 5.92 Å². The highest BCUT2D eigenvalue weighted by Crippen LogP contribution is 2.26. The second-order valence-corrected chi connectivity index (χ2v) is 5.65. The standard InChI is InChI=1S/C17H22N2O5/c1-12(2)9-15-16(20)19(24-11-22-3)17(21)18(15)10-13-5-7-14(23-4)8-6-13/h5-9,12H,10-11H2,1-4H3/b15-9+. The molecule has 7 nitrogen and oxygen atoms in total. The van der Waals surface area contributed by atoms with Gasteiger partial charge in [0.05, 0.1) is 13.7 Å². The Hall–Kier alpha value is -2.38. The van der Waals surface area contributed by atoms with Gasteiger partial charge in [-0.25, -0.2) is 9.63 Å². The molecule has 1 aromatic rings. The van der Waals surface area contributed by atoms with Gasteiger partial charge in [-0.05, 0) is 23.6 Å². The Morgan fingerprint density at radius 3 is 2.33 bits per heavy atom. The third-order valence-electron chi connectivity index (χ3n) is 3.39. The van der Waals surface area contributed by atoms with Crippen molar-refractivity contribution in [3.63, 3.8) is 0 Å². The summed E-state index contributed by atoms with van der Waals surface area (Å²) < 4.78 is 9.90. The number of nitrogens with zero attached hydrogens (tertiary/aromatic N) is 2. The first kappa shape index (κ1) is 18.0. The minimum Gasteiger partial charge on any atom is -0.497 e. The quantitative estimate of drug-likeness (QED) is 0.435. The molecule has 3 amide bonds. The fourth-order valence-electron chi connectivity index (χ4n) is 2.28. The molecule has 1 aliphatic rings. The zero-order valence-corrected chi connectivity index (χ0v) is 14.3. The summed E-state index contributed by atoms with van der Waals surface area (Å²) in [5.74, 6) is 0.349. The molecule has 0 bridgehead atoms. The fourth-order valence-corrected chi connectivity index (χ4v) is 2.28. The van der Waals surface area contributed by atoms with E-state index in [1.807, 2.05) is 38.1 Å². The number of hydrogen-bond donors (Lipinski definition) is 0. The summed E-state index contributed by atoms with van der Waals surface area (Å²) in [6.45, 7) is 3.97. The van der Waals surface area contributed by atoms with E-state index in [9.17, 15) is 9.59 Å². The lowest BCUT2D eigenvalue weighted by Crippen LogP contribution is -2.33. The zero-order valence-electron chi connectivity index (χ0n) is 14.3. The van der Waals surface area contributed by atoms with E-state index in [-0.39, 0.29) is 19.3 Å². The number of carbonyl (C=O) groups excluding carboxylic acids is 2. The molecule has 0 saturated carbocycles. The Labute approximate surface area is 141 Å². The lowest BCUT2D eigenvalue weighted by Gasteiger charge is -2.17. The van der Waals surface area contributed by atoms with Crippen molar-refractivity contribution in [3.8, 4) is 5.75 Å². The first-order valence-electron chi connectivity index (χ1n) is 7.60. The van der Waals surface area contributed by atoms with Crippen LogP contribution in [0, 0.1) is 5.92 Å². The largest absolute Gasteiger partial charge is 0.497 e. The molecule has 1 aromatic carbocycles. The van der Waals surface area contributed by atoms with Crippen molar-refractivity contribution in [3.05, 3.63) is 41.6 Å². The maximum absolute atomic E-state index is 12.5. The topological polar surface area (TPSA) is 68.3 Å². The maximum atomic E-state index is 12.5. The predicted molar refractivity (Wildman–Crippen MR) is 86.7 cm³/mol. The van der Waals surface area contributed by atoms with Gasteiger partial charge in [0, 0.05) is 7.11 Å². The van der Waals surface area contributed by atoms with Gasteiger partial charge in [-0.3, -0.25) is 9.69 Å². The van der Waals surface area contributed by atoms with Gasteiger partial charge in [-0.15, -0.1) is 5.06 Å². The normalized spacial score (nSPS) is 16.6. The molecule has 2 rings (SSSR count). The first-order valence-corrected chi connectivity index (χ1v) is 7.60. The molecule has 1 aliphatic heterocycles. The second-order valence-electron chi connectivity index (χ2n) is 5.65. The summed E-state index contributed by atoms with van der Waals surface area (Å²) in [5, 5.41) is 0.737. The van der Waals surface area contributed by atoms with Crippen molar-refractivity contribution in [2.45, 2.75) is 20.4 Å². The summed E-state index contributed by atoms with van der Waals surface area (Å²) in [6, 6.07) is 6.79. The van der Waals surface area contributed by atoms with Gasteiger partial charge in [0.25, 0.3) is 0 Å². The average Bonchev–Trinajstić information content (AvgIpc) is 2.77. The molecule has 0 aromatic heterocycles. The van der Waals surface area contributed by atoms with Crippen LogP contribution in [-0.4, -0.2) is 42.9 Å². The molecular formula is C17H22N2O5. The van der Waals surface area contributed by atoms with E-state index in [1.54, 1.807) is 13.2 Å². The number of imide groups is 1. The van der Waals surface area contributed by atoms with Crippen LogP contribution >= 0.6 is 0 Å². The molecule has 0 N–H and O–H groups in total. The molecule has 24 heavy (non-hydrogen) atoms. The van der Waals surface area contributed by atoms with E-state index in [2.05, 4.69) is 0 Å². The Kier molecular flexibility index (Phi) is 5.94. The summed E-state index contributed by atoms with van der Waals surface area (Å²) in [5.41, 5.74) is 1.18. The maximum Gasteiger partial charge on any atom is 0.356 e. The Morgan fingerprint density at radius 2 is 1.79 bits per heavy atom. The third-order valence-corrected chi connectivity index (χ3v) is 3.39. The molecule has 0 radical (unpaired) electrons. The van der Waals surface area contributed by atoms with Gasteiger partial charge < -0.3 is 9.47 Å². The molecule has 1 fully saturated rings. The molecule has 0 unspecified atom stereocenters. The summed E-state index contributed by atoms with van der Waals surface area (Å²) in [4.78, 5) is 31.5. The molecule has 130 valence electrons. The van der Waals surface area contributed by atoms with E-state index in [0.29, 0.717) is 5.70 Å². The molecule has 0 spiro atoms. The highest BCUT2D eigenvalue weighted by Gasteiger charge is 2.42. The first-order chi connectivity index (χ1) is 11.5. The Bertz CT molecular complexity index is 624. The minimum atomic E-state index is -0.528. The monoisotopic (exact) mass is 334 g/mol. The van der Waals surface area contributed by atoms with Crippen LogP contribution in [0.3, 0.4) is 0 Å². The van der Waals surface area contributed by atoms with Crippen LogP contribution in [-0.2, 0) is 20.9 Å². The number of benzene rings is 1. The van der Waals surface area contributed by atoms with Crippen molar-refractivity contribution >= 4 is 11.9 Å². The smallest absolute Gasteiger partial charge is 0.356 e. The molecular weight excluding hydrogens is 312 g/mol. The van der Waals surface area contributed by atoms with Crippen molar-refractivity contribution < 1.29 is 23.9 Å². The van der Waals surface area contributed by atoms with Gasteiger partial charge in [0.15, 0.2) is 6.79 Å². The summed E-state index contributed by atoms with van der Waals surface area (Å²) in [6.07, 6.45) is 1.75. The molecule has 7 heteroatoms. The number of hydroxylamine groups is 2. The van der Waals surface area contributed by atoms with E-state index < -0.39 is 11.9 Å². The molecule has 0 atom stereocenters. The number of methoxy groups -OCH3 is 2. The van der Waals surface area contributed by atoms with Crippen LogP contribution < -0.4 is 4.74 Å². The molecule has 0 aliphatic carbocycles. The second kappa shape index (κ2) is 7.94.